The number of carbonyl (C=O) groups excluding carboxylic acids is 1. The highest BCUT2D eigenvalue weighted by atomic mass is 16.5. The molecular weight excluding hydrogens is 254 g/mol. The van der Waals surface area contributed by atoms with Crippen molar-refractivity contribution in [3.05, 3.63) is 53.6 Å². The molecule has 0 heterocycles. The minimum absolute atomic E-state index is 0.322. The highest BCUT2D eigenvalue weighted by Crippen LogP contribution is 2.22. The first-order valence-electron chi connectivity index (χ1n) is 5.89. The number of nitrogens with two attached hydrogens (primary N) is 1. The number of carbonyl (C=O) groups is 1. The summed E-state index contributed by atoms with van der Waals surface area (Å²) in [5.74, 6) is 0.0795. The molecule has 0 aliphatic heterocycles. The molecule has 0 saturated heterocycles. The summed E-state index contributed by atoms with van der Waals surface area (Å²) in [6, 6.07) is 13.5. The predicted octanol–water partition coefficient (Wildman–Crippen LogP) is 2.40. The molecule has 2 aromatic rings. The Labute approximate surface area is 116 Å². The second-order valence-electron chi connectivity index (χ2n) is 4.11. The van der Waals surface area contributed by atoms with E-state index in [9.17, 15) is 4.79 Å². The second-order valence-corrected chi connectivity index (χ2v) is 4.11. The van der Waals surface area contributed by atoms with Crippen molar-refractivity contribution in [3.63, 3.8) is 0 Å². The fraction of sp³-hybridized carbons (Fsp3) is 0.0667. The largest absolute Gasteiger partial charge is 0.496 e. The summed E-state index contributed by atoms with van der Waals surface area (Å²) >= 11 is 0. The quantitative estimate of drug-likeness (QED) is 0.836. The Kier molecular flexibility index (Phi) is 3.87. The number of methoxy groups -OCH3 is 1. The van der Waals surface area contributed by atoms with Crippen molar-refractivity contribution >= 4 is 17.3 Å². The average Bonchev–Trinajstić information content (AvgIpc) is 2.47. The van der Waals surface area contributed by atoms with E-state index in [0.29, 0.717) is 28.3 Å². The number of benzene rings is 2. The minimum Gasteiger partial charge on any atom is -0.496 e. The lowest BCUT2D eigenvalue weighted by Gasteiger charge is -2.10. The van der Waals surface area contributed by atoms with Crippen molar-refractivity contribution in [2.24, 2.45) is 0 Å². The van der Waals surface area contributed by atoms with Gasteiger partial charge in [-0.1, -0.05) is 6.07 Å². The molecule has 0 bridgehead atoms. The summed E-state index contributed by atoms with van der Waals surface area (Å²) in [4.78, 5) is 12.2. The van der Waals surface area contributed by atoms with Gasteiger partial charge in [-0.2, -0.15) is 5.26 Å². The number of nitrogen functional groups attached to an aromatic ring is 1. The highest BCUT2D eigenvalue weighted by Gasteiger charge is 2.12. The van der Waals surface area contributed by atoms with E-state index in [1.54, 1.807) is 42.5 Å². The Morgan fingerprint density at radius 1 is 1.30 bits per heavy atom. The fourth-order valence-corrected chi connectivity index (χ4v) is 1.76. The summed E-state index contributed by atoms with van der Waals surface area (Å²) in [5, 5.41) is 11.5. The molecule has 0 unspecified atom stereocenters. The van der Waals surface area contributed by atoms with E-state index < -0.39 is 0 Å². The van der Waals surface area contributed by atoms with Gasteiger partial charge in [0.15, 0.2) is 0 Å². The number of amides is 1. The zero-order valence-corrected chi connectivity index (χ0v) is 10.9. The van der Waals surface area contributed by atoms with Gasteiger partial charge in [0.2, 0.25) is 0 Å². The maximum atomic E-state index is 12.2. The van der Waals surface area contributed by atoms with Crippen molar-refractivity contribution in [2.75, 3.05) is 18.2 Å². The summed E-state index contributed by atoms with van der Waals surface area (Å²) in [6.45, 7) is 0. The lowest BCUT2D eigenvalue weighted by atomic mass is 10.1. The van der Waals surface area contributed by atoms with Crippen LogP contribution in [0.5, 0.6) is 5.75 Å². The van der Waals surface area contributed by atoms with Crippen LogP contribution in [-0.4, -0.2) is 13.0 Å². The zero-order valence-electron chi connectivity index (χ0n) is 10.9. The molecule has 0 atom stereocenters. The average molecular weight is 267 g/mol. The van der Waals surface area contributed by atoms with Crippen molar-refractivity contribution in [1.29, 1.82) is 5.26 Å². The molecule has 0 radical (unpaired) electrons. The third-order valence-corrected chi connectivity index (χ3v) is 2.72. The van der Waals surface area contributed by atoms with Gasteiger partial charge in [-0.3, -0.25) is 4.79 Å². The maximum absolute atomic E-state index is 12.2. The molecule has 5 heteroatoms. The van der Waals surface area contributed by atoms with Crippen molar-refractivity contribution < 1.29 is 9.53 Å². The monoisotopic (exact) mass is 267 g/mol. The molecular formula is C15H13N3O2. The SMILES string of the molecule is COc1cc(N)ccc1C(=O)Nc1cccc(C#N)c1. The van der Waals surface area contributed by atoms with E-state index >= 15 is 0 Å². The molecule has 0 aliphatic carbocycles. The van der Waals surface area contributed by atoms with Crippen LogP contribution < -0.4 is 15.8 Å². The van der Waals surface area contributed by atoms with Gasteiger partial charge in [0, 0.05) is 17.4 Å². The van der Waals surface area contributed by atoms with Gasteiger partial charge >= 0.3 is 0 Å². The van der Waals surface area contributed by atoms with Crippen LogP contribution in [0.2, 0.25) is 0 Å². The van der Waals surface area contributed by atoms with Crippen molar-refractivity contribution in [2.45, 2.75) is 0 Å². The highest BCUT2D eigenvalue weighted by molar-refractivity contribution is 6.06. The van der Waals surface area contributed by atoms with E-state index in [2.05, 4.69) is 5.32 Å². The number of nitrogens with zero attached hydrogens (tertiary/aromatic N) is 1. The molecule has 20 heavy (non-hydrogen) atoms. The molecule has 0 aliphatic rings. The van der Waals surface area contributed by atoms with Gasteiger partial charge in [0.05, 0.1) is 24.3 Å². The summed E-state index contributed by atoms with van der Waals surface area (Å²) in [5.41, 5.74) is 7.57. The minimum atomic E-state index is -0.322. The van der Waals surface area contributed by atoms with Crippen molar-refractivity contribution in [1.82, 2.24) is 0 Å². The molecule has 2 rings (SSSR count). The third kappa shape index (κ3) is 2.87. The number of nitrogens with one attached hydrogen (secondary N) is 1. The molecule has 1 amide bonds. The first-order valence-corrected chi connectivity index (χ1v) is 5.89. The van der Waals surface area contributed by atoms with E-state index in [1.807, 2.05) is 6.07 Å². The molecule has 3 N–H and O–H groups in total. The third-order valence-electron chi connectivity index (χ3n) is 2.72. The van der Waals surface area contributed by atoms with Crippen LogP contribution >= 0.6 is 0 Å². The van der Waals surface area contributed by atoms with Crippen LogP contribution in [0.25, 0.3) is 0 Å². The lowest BCUT2D eigenvalue weighted by Crippen LogP contribution is -2.13. The van der Waals surface area contributed by atoms with Gasteiger partial charge in [-0.25, -0.2) is 0 Å². The van der Waals surface area contributed by atoms with E-state index in [1.165, 1.54) is 7.11 Å². The molecule has 0 saturated carbocycles. The van der Waals surface area contributed by atoms with Crippen LogP contribution in [0.1, 0.15) is 15.9 Å². The Morgan fingerprint density at radius 3 is 2.80 bits per heavy atom. The first-order chi connectivity index (χ1) is 9.63. The van der Waals surface area contributed by atoms with Gasteiger partial charge in [0.25, 0.3) is 5.91 Å². The molecule has 2 aromatic carbocycles. The Hall–Kier alpha value is -3.00. The maximum Gasteiger partial charge on any atom is 0.259 e. The number of hydrogen-bond acceptors (Lipinski definition) is 4. The van der Waals surface area contributed by atoms with E-state index in [-0.39, 0.29) is 5.91 Å². The van der Waals surface area contributed by atoms with Crippen LogP contribution in [0.15, 0.2) is 42.5 Å². The van der Waals surface area contributed by atoms with Gasteiger partial charge in [-0.05, 0) is 30.3 Å². The summed E-state index contributed by atoms with van der Waals surface area (Å²) in [6.07, 6.45) is 0. The Bertz CT molecular complexity index is 690. The number of nitriles is 1. The number of ether oxygens (including phenoxy) is 1. The molecule has 5 nitrogen and oxygen atoms in total. The normalized spacial score (nSPS) is 9.60. The fourth-order valence-electron chi connectivity index (χ4n) is 1.76. The van der Waals surface area contributed by atoms with E-state index in [4.69, 9.17) is 15.7 Å². The Morgan fingerprint density at radius 2 is 2.10 bits per heavy atom. The molecule has 0 aromatic heterocycles. The first kappa shape index (κ1) is 13.4. The van der Waals surface area contributed by atoms with E-state index in [0.717, 1.165) is 0 Å². The topological polar surface area (TPSA) is 88.1 Å². The smallest absolute Gasteiger partial charge is 0.259 e. The van der Waals surface area contributed by atoms with Gasteiger partial charge in [0.1, 0.15) is 5.75 Å². The van der Waals surface area contributed by atoms with Crippen molar-refractivity contribution in [3.8, 4) is 11.8 Å². The van der Waals surface area contributed by atoms with Gasteiger partial charge < -0.3 is 15.8 Å². The van der Waals surface area contributed by atoms with Crippen LogP contribution in [0.3, 0.4) is 0 Å². The lowest BCUT2D eigenvalue weighted by molar-refractivity contribution is 0.102. The van der Waals surface area contributed by atoms with Crippen LogP contribution in [0, 0.1) is 11.3 Å². The van der Waals surface area contributed by atoms with Crippen LogP contribution in [0.4, 0.5) is 11.4 Å². The second kappa shape index (κ2) is 5.76. The number of anilines is 2. The number of rotatable bonds is 3. The Balaban J connectivity index is 2.26. The summed E-state index contributed by atoms with van der Waals surface area (Å²) in [7, 11) is 1.47. The molecule has 100 valence electrons. The standard InChI is InChI=1S/C15H13N3O2/c1-20-14-8-11(17)5-6-13(14)15(19)18-12-4-2-3-10(7-12)9-16/h2-8H,17H2,1H3,(H,18,19). The predicted molar refractivity (Wildman–Crippen MR) is 76.5 cm³/mol. The molecule has 0 spiro atoms. The summed E-state index contributed by atoms with van der Waals surface area (Å²) < 4.78 is 5.14. The zero-order chi connectivity index (χ0) is 14.5. The van der Waals surface area contributed by atoms with Crippen LogP contribution in [-0.2, 0) is 0 Å². The van der Waals surface area contributed by atoms with Gasteiger partial charge in [-0.15, -0.1) is 0 Å². The molecule has 0 fully saturated rings. The number of hydrogen-bond donors (Lipinski definition) is 2.